The zero-order valence-corrected chi connectivity index (χ0v) is 16.1. The van der Waals surface area contributed by atoms with Crippen LogP contribution in [0.3, 0.4) is 0 Å². The van der Waals surface area contributed by atoms with E-state index in [9.17, 15) is 9.18 Å². The minimum atomic E-state index is -0.336. The fourth-order valence-electron chi connectivity index (χ4n) is 2.89. The van der Waals surface area contributed by atoms with E-state index in [1.807, 2.05) is 24.3 Å². The second-order valence-corrected chi connectivity index (χ2v) is 6.49. The molecule has 1 amide bonds. The highest BCUT2D eigenvalue weighted by atomic mass is 19.1. The van der Waals surface area contributed by atoms with Gasteiger partial charge in [0.15, 0.2) is 0 Å². The van der Waals surface area contributed by atoms with Crippen molar-refractivity contribution in [1.82, 2.24) is 15.1 Å². The molecule has 2 aromatic carbocycles. The van der Waals surface area contributed by atoms with Gasteiger partial charge >= 0.3 is 0 Å². The Labute approximate surface area is 164 Å². The predicted molar refractivity (Wildman–Crippen MR) is 107 cm³/mol. The molecule has 0 aliphatic heterocycles. The van der Waals surface area contributed by atoms with Crippen LogP contribution in [0, 0.1) is 5.82 Å². The summed E-state index contributed by atoms with van der Waals surface area (Å²) in [6.07, 6.45) is 3.08. The van der Waals surface area contributed by atoms with Gasteiger partial charge in [0.25, 0.3) is 5.91 Å². The van der Waals surface area contributed by atoms with Gasteiger partial charge in [-0.3, -0.25) is 4.79 Å². The number of methoxy groups -OCH3 is 1. The minimum Gasteiger partial charge on any atom is -0.497 e. The molecular formula is C22H24FN3O2. The number of carbonyl (C=O) groups excluding carboxylic acids is 1. The van der Waals surface area contributed by atoms with Crippen molar-refractivity contribution in [3.8, 4) is 22.7 Å². The third kappa shape index (κ3) is 4.57. The number of halogens is 1. The van der Waals surface area contributed by atoms with Crippen LogP contribution >= 0.6 is 0 Å². The minimum absolute atomic E-state index is 0.201. The fourth-order valence-corrected chi connectivity index (χ4v) is 2.89. The molecule has 1 aromatic heterocycles. The van der Waals surface area contributed by atoms with Gasteiger partial charge < -0.3 is 10.1 Å². The lowest BCUT2D eigenvalue weighted by molar-refractivity contribution is 0.0945. The van der Waals surface area contributed by atoms with Crippen LogP contribution in [0.5, 0.6) is 5.75 Å². The predicted octanol–water partition coefficient (Wildman–Crippen LogP) is 4.61. The van der Waals surface area contributed by atoms with Gasteiger partial charge in [-0.15, -0.1) is 0 Å². The van der Waals surface area contributed by atoms with Crippen LogP contribution in [0.4, 0.5) is 4.39 Å². The molecule has 5 nitrogen and oxygen atoms in total. The standard InChI is InChI=1S/C22H24FN3O2/c1-3-4-5-14-24-22(27)21-15-20(16-6-12-19(28-2)13-7-16)25-26(21)18-10-8-17(23)9-11-18/h6-13,15H,3-5,14H2,1-2H3,(H,24,27). The van der Waals surface area contributed by atoms with Crippen LogP contribution in [0.25, 0.3) is 16.9 Å². The summed E-state index contributed by atoms with van der Waals surface area (Å²) in [5.41, 5.74) is 2.56. The highest BCUT2D eigenvalue weighted by molar-refractivity contribution is 5.94. The lowest BCUT2D eigenvalue weighted by atomic mass is 10.1. The molecule has 0 spiro atoms. The number of unbranched alkanes of at least 4 members (excludes halogenated alkanes) is 2. The average Bonchev–Trinajstić information content (AvgIpc) is 3.17. The van der Waals surface area contributed by atoms with Gasteiger partial charge in [0.1, 0.15) is 17.3 Å². The summed E-state index contributed by atoms with van der Waals surface area (Å²) in [6, 6.07) is 15.1. The van der Waals surface area contributed by atoms with Crippen molar-refractivity contribution in [2.24, 2.45) is 0 Å². The normalized spacial score (nSPS) is 10.7. The summed E-state index contributed by atoms with van der Waals surface area (Å²) in [5.74, 6) is 0.208. The Bertz CT molecular complexity index is 918. The molecule has 0 aliphatic carbocycles. The number of hydrogen-bond donors (Lipinski definition) is 1. The largest absolute Gasteiger partial charge is 0.497 e. The summed E-state index contributed by atoms with van der Waals surface area (Å²) in [7, 11) is 1.61. The number of hydrogen-bond acceptors (Lipinski definition) is 3. The van der Waals surface area contributed by atoms with Gasteiger partial charge in [-0.05, 0) is 61.0 Å². The van der Waals surface area contributed by atoms with E-state index in [0.29, 0.717) is 23.6 Å². The van der Waals surface area contributed by atoms with E-state index < -0.39 is 0 Å². The topological polar surface area (TPSA) is 56.1 Å². The van der Waals surface area contributed by atoms with Gasteiger partial charge in [0.05, 0.1) is 18.5 Å². The Hall–Kier alpha value is -3.15. The number of carbonyl (C=O) groups is 1. The lowest BCUT2D eigenvalue weighted by Crippen LogP contribution is -2.26. The first kappa shape index (κ1) is 19.6. The van der Waals surface area contributed by atoms with E-state index >= 15 is 0 Å². The summed E-state index contributed by atoms with van der Waals surface area (Å²) in [4.78, 5) is 12.7. The quantitative estimate of drug-likeness (QED) is 0.580. The summed E-state index contributed by atoms with van der Waals surface area (Å²) >= 11 is 0. The second kappa shape index (κ2) is 9.17. The Balaban J connectivity index is 1.94. The molecule has 0 aliphatic rings. The average molecular weight is 381 g/mol. The van der Waals surface area contributed by atoms with E-state index in [1.165, 1.54) is 12.1 Å². The number of rotatable bonds is 8. The number of benzene rings is 2. The van der Waals surface area contributed by atoms with Crippen molar-refractivity contribution >= 4 is 5.91 Å². The van der Waals surface area contributed by atoms with Crippen LogP contribution in [0.15, 0.2) is 54.6 Å². The van der Waals surface area contributed by atoms with Crippen LogP contribution in [-0.2, 0) is 0 Å². The molecule has 146 valence electrons. The smallest absolute Gasteiger partial charge is 0.270 e. The van der Waals surface area contributed by atoms with Crippen molar-refractivity contribution in [2.75, 3.05) is 13.7 Å². The Morgan fingerprint density at radius 3 is 2.46 bits per heavy atom. The molecule has 1 heterocycles. The van der Waals surface area contributed by atoms with E-state index in [4.69, 9.17) is 4.74 Å². The molecule has 0 unspecified atom stereocenters. The monoisotopic (exact) mass is 381 g/mol. The molecule has 6 heteroatoms. The Morgan fingerprint density at radius 1 is 1.11 bits per heavy atom. The van der Waals surface area contributed by atoms with Crippen LogP contribution in [-0.4, -0.2) is 29.3 Å². The first-order valence-electron chi connectivity index (χ1n) is 9.41. The summed E-state index contributed by atoms with van der Waals surface area (Å²) < 4.78 is 20.1. The molecule has 0 saturated carbocycles. The summed E-state index contributed by atoms with van der Waals surface area (Å²) in [6.45, 7) is 2.73. The highest BCUT2D eigenvalue weighted by Gasteiger charge is 2.17. The lowest BCUT2D eigenvalue weighted by Gasteiger charge is -2.08. The van der Waals surface area contributed by atoms with E-state index in [2.05, 4.69) is 17.3 Å². The molecule has 28 heavy (non-hydrogen) atoms. The van der Waals surface area contributed by atoms with E-state index in [0.717, 1.165) is 30.6 Å². The number of aromatic nitrogens is 2. The van der Waals surface area contributed by atoms with Crippen molar-refractivity contribution in [3.05, 3.63) is 66.1 Å². The van der Waals surface area contributed by atoms with Crippen LogP contribution in [0.1, 0.15) is 36.7 Å². The zero-order valence-electron chi connectivity index (χ0n) is 16.1. The van der Waals surface area contributed by atoms with Gasteiger partial charge in [0.2, 0.25) is 0 Å². The molecular weight excluding hydrogens is 357 g/mol. The van der Waals surface area contributed by atoms with Crippen LogP contribution < -0.4 is 10.1 Å². The van der Waals surface area contributed by atoms with Crippen molar-refractivity contribution in [1.29, 1.82) is 0 Å². The zero-order chi connectivity index (χ0) is 19.9. The maximum Gasteiger partial charge on any atom is 0.270 e. The molecule has 3 rings (SSSR count). The van der Waals surface area contributed by atoms with Gasteiger partial charge in [-0.1, -0.05) is 19.8 Å². The SMILES string of the molecule is CCCCCNC(=O)c1cc(-c2ccc(OC)cc2)nn1-c1ccc(F)cc1. The molecule has 0 atom stereocenters. The van der Waals surface area contributed by atoms with Crippen molar-refractivity contribution in [3.63, 3.8) is 0 Å². The second-order valence-electron chi connectivity index (χ2n) is 6.49. The molecule has 0 bridgehead atoms. The number of amides is 1. The fraction of sp³-hybridized carbons (Fsp3) is 0.273. The third-order valence-electron chi connectivity index (χ3n) is 4.46. The molecule has 1 N–H and O–H groups in total. The molecule has 3 aromatic rings. The molecule has 0 saturated heterocycles. The van der Waals surface area contributed by atoms with Crippen molar-refractivity contribution < 1.29 is 13.9 Å². The summed E-state index contributed by atoms with van der Waals surface area (Å²) in [5, 5.41) is 7.54. The first-order chi connectivity index (χ1) is 13.6. The number of ether oxygens (including phenoxy) is 1. The van der Waals surface area contributed by atoms with E-state index in [1.54, 1.807) is 30.0 Å². The molecule has 0 fully saturated rings. The number of nitrogens with zero attached hydrogens (tertiary/aromatic N) is 2. The highest BCUT2D eigenvalue weighted by Crippen LogP contribution is 2.24. The van der Waals surface area contributed by atoms with Crippen molar-refractivity contribution in [2.45, 2.75) is 26.2 Å². The number of nitrogens with one attached hydrogen (secondary N) is 1. The van der Waals surface area contributed by atoms with Gasteiger partial charge in [-0.2, -0.15) is 5.10 Å². The Morgan fingerprint density at radius 2 is 1.82 bits per heavy atom. The van der Waals surface area contributed by atoms with Crippen LogP contribution in [0.2, 0.25) is 0 Å². The Kier molecular flexibility index (Phi) is 6.42. The maximum atomic E-state index is 13.3. The maximum absolute atomic E-state index is 13.3. The van der Waals surface area contributed by atoms with E-state index in [-0.39, 0.29) is 11.7 Å². The first-order valence-corrected chi connectivity index (χ1v) is 9.41. The third-order valence-corrected chi connectivity index (χ3v) is 4.46. The van der Waals surface area contributed by atoms with Gasteiger partial charge in [-0.25, -0.2) is 9.07 Å². The van der Waals surface area contributed by atoms with Gasteiger partial charge in [0, 0.05) is 12.1 Å². The molecule has 0 radical (unpaired) electrons.